The van der Waals surface area contributed by atoms with E-state index in [4.69, 9.17) is 22.1 Å². The van der Waals surface area contributed by atoms with Crippen molar-refractivity contribution in [1.82, 2.24) is 5.32 Å². The van der Waals surface area contributed by atoms with E-state index in [1.165, 1.54) is 0 Å². The number of piperidine rings is 1. The molecular formula is C15H23ClN2O. The monoisotopic (exact) mass is 282 g/mol. The molecule has 1 unspecified atom stereocenters. The highest BCUT2D eigenvalue weighted by Crippen LogP contribution is 2.32. The normalized spacial score (nSPS) is 18.5. The third-order valence-corrected chi connectivity index (χ3v) is 4.04. The van der Waals surface area contributed by atoms with Crippen LogP contribution in [0.3, 0.4) is 0 Å². The van der Waals surface area contributed by atoms with Crippen LogP contribution in [0, 0.1) is 11.8 Å². The molecule has 4 heteroatoms. The molecule has 1 aliphatic rings. The first-order valence-electron chi connectivity index (χ1n) is 7.00. The molecule has 2 rings (SSSR count). The molecule has 3 nitrogen and oxygen atoms in total. The molecule has 1 heterocycles. The number of nitrogen functional groups attached to an aromatic ring is 1. The van der Waals surface area contributed by atoms with Crippen LogP contribution >= 0.6 is 11.6 Å². The van der Waals surface area contributed by atoms with Gasteiger partial charge in [0.2, 0.25) is 0 Å². The van der Waals surface area contributed by atoms with Gasteiger partial charge in [0, 0.05) is 11.8 Å². The molecule has 106 valence electrons. The summed E-state index contributed by atoms with van der Waals surface area (Å²) in [5, 5.41) is 4.02. The van der Waals surface area contributed by atoms with Gasteiger partial charge in [-0.1, -0.05) is 25.4 Å². The van der Waals surface area contributed by atoms with Gasteiger partial charge < -0.3 is 15.8 Å². The average molecular weight is 283 g/mol. The minimum absolute atomic E-state index is 0.196. The number of hydrogen-bond donors (Lipinski definition) is 2. The van der Waals surface area contributed by atoms with Crippen molar-refractivity contribution >= 4 is 17.3 Å². The second-order valence-electron chi connectivity index (χ2n) is 5.60. The van der Waals surface area contributed by atoms with E-state index in [1.54, 1.807) is 12.1 Å². The first-order valence-corrected chi connectivity index (χ1v) is 7.38. The molecule has 19 heavy (non-hydrogen) atoms. The lowest BCUT2D eigenvalue weighted by Crippen LogP contribution is -2.39. The standard InChI is InChI=1S/C15H23ClN2O/c1-10(2)15(11-5-7-18-8-6-11)19-14-9-12(17)3-4-13(14)16/h3-4,9-11,15,18H,5-8,17H2,1-2H3. The number of nitrogens with two attached hydrogens (primary N) is 1. The molecule has 3 N–H and O–H groups in total. The third kappa shape index (κ3) is 3.77. The number of nitrogens with one attached hydrogen (secondary N) is 1. The van der Waals surface area contributed by atoms with Crippen LogP contribution in [-0.2, 0) is 0 Å². The van der Waals surface area contributed by atoms with Crippen molar-refractivity contribution in [2.45, 2.75) is 32.8 Å². The number of rotatable bonds is 4. The SMILES string of the molecule is CC(C)C(Oc1cc(N)ccc1Cl)C1CCNCC1. The van der Waals surface area contributed by atoms with E-state index in [9.17, 15) is 0 Å². The molecule has 1 atom stereocenters. The summed E-state index contributed by atoms with van der Waals surface area (Å²) in [6.45, 7) is 6.55. The average Bonchev–Trinajstić information content (AvgIpc) is 2.40. The summed E-state index contributed by atoms with van der Waals surface area (Å²) < 4.78 is 6.19. The predicted molar refractivity (Wildman–Crippen MR) is 80.7 cm³/mol. The van der Waals surface area contributed by atoms with Crippen LogP contribution in [0.2, 0.25) is 5.02 Å². The van der Waals surface area contributed by atoms with Gasteiger partial charge in [0.15, 0.2) is 0 Å². The quantitative estimate of drug-likeness (QED) is 0.833. The number of hydrogen-bond acceptors (Lipinski definition) is 3. The maximum atomic E-state index is 6.19. The van der Waals surface area contributed by atoms with Crippen LogP contribution in [0.15, 0.2) is 18.2 Å². The summed E-state index contributed by atoms with van der Waals surface area (Å²) in [5.41, 5.74) is 6.50. The van der Waals surface area contributed by atoms with Crippen LogP contribution in [0.5, 0.6) is 5.75 Å². The van der Waals surface area contributed by atoms with E-state index >= 15 is 0 Å². The molecule has 0 saturated carbocycles. The minimum Gasteiger partial charge on any atom is -0.488 e. The lowest BCUT2D eigenvalue weighted by molar-refractivity contribution is 0.0722. The lowest BCUT2D eigenvalue weighted by Gasteiger charge is -2.33. The van der Waals surface area contributed by atoms with E-state index in [0.29, 0.717) is 28.3 Å². The Kier molecular flexibility index (Phi) is 4.94. The highest BCUT2D eigenvalue weighted by Gasteiger charge is 2.28. The van der Waals surface area contributed by atoms with Crippen molar-refractivity contribution < 1.29 is 4.74 Å². The summed E-state index contributed by atoms with van der Waals surface area (Å²) in [7, 11) is 0. The van der Waals surface area contributed by atoms with E-state index < -0.39 is 0 Å². The second kappa shape index (κ2) is 6.49. The van der Waals surface area contributed by atoms with Gasteiger partial charge in [-0.05, 0) is 49.9 Å². The molecule has 1 fully saturated rings. The first-order chi connectivity index (χ1) is 9.08. The summed E-state index contributed by atoms with van der Waals surface area (Å²) in [5.74, 6) is 1.75. The van der Waals surface area contributed by atoms with Crippen molar-refractivity contribution in [2.24, 2.45) is 11.8 Å². The number of benzene rings is 1. The van der Waals surface area contributed by atoms with Gasteiger partial charge in [-0.15, -0.1) is 0 Å². The van der Waals surface area contributed by atoms with Gasteiger partial charge in [-0.3, -0.25) is 0 Å². The summed E-state index contributed by atoms with van der Waals surface area (Å²) in [4.78, 5) is 0. The van der Waals surface area contributed by atoms with Gasteiger partial charge in [0.25, 0.3) is 0 Å². The second-order valence-corrected chi connectivity index (χ2v) is 6.01. The Balaban J connectivity index is 2.13. The zero-order valence-corrected chi connectivity index (χ0v) is 12.4. The molecule has 0 radical (unpaired) electrons. The zero-order valence-electron chi connectivity index (χ0n) is 11.7. The number of ether oxygens (including phenoxy) is 1. The van der Waals surface area contributed by atoms with Crippen molar-refractivity contribution in [3.63, 3.8) is 0 Å². The van der Waals surface area contributed by atoms with Gasteiger partial charge >= 0.3 is 0 Å². The van der Waals surface area contributed by atoms with Crippen molar-refractivity contribution in [3.05, 3.63) is 23.2 Å². The molecule has 0 amide bonds. The van der Waals surface area contributed by atoms with E-state index in [0.717, 1.165) is 25.9 Å². The van der Waals surface area contributed by atoms with Gasteiger partial charge in [0.05, 0.1) is 5.02 Å². The van der Waals surface area contributed by atoms with Crippen molar-refractivity contribution in [1.29, 1.82) is 0 Å². The Morgan fingerprint density at radius 3 is 2.63 bits per heavy atom. The fourth-order valence-electron chi connectivity index (χ4n) is 2.71. The Bertz CT molecular complexity index is 417. The molecular weight excluding hydrogens is 260 g/mol. The highest BCUT2D eigenvalue weighted by molar-refractivity contribution is 6.32. The lowest BCUT2D eigenvalue weighted by atomic mass is 9.86. The van der Waals surface area contributed by atoms with Crippen LogP contribution < -0.4 is 15.8 Å². The number of anilines is 1. The first kappa shape index (κ1) is 14.5. The van der Waals surface area contributed by atoms with Crippen LogP contribution in [0.1, 0.15) is 26.7 Å². The summed E-state index contributed by atoms with van der Waals surface area (Å²) in [6.07, 6.45) is 2.51. The molecule has 0 aliphatic carbocycles. The number of halogens is 1. The molecule has 1 aromatic rings. The topological polar surface area (TPSA) is 47.3 Å². The largest absolute Gasteiger partial charge is 0.488 e. The van der Waals surface area contributed by atoms with E-state index in [-0.39, 0.29) is 6.10 Å². The molecule has 1 aliphatic heterocycles. The van der Waals surface area contributed by atoms with Gasteiger partial charge in [-0.25, -0.2) is 0 Å². The zero-order chi connectivity index (χ0) is 13.8. The van der Waals surface area contributed by atoms with Crippen molar-refractivity contribution in [2.75, 3.05) is 18.8 Å². The smallest absolute Gasteiger partial charge is 0.140 e. The molecule has 0 bridgehead atoms. The molecule has 0 spiro atoms. The Labute approximate surface area is 120 Å². The third-order valence-electron chi connectivity index (χ3n) is 3.72. The Hall–Kier alpha value is -0.930. The Morgan fingerprint density at radius 1 is 1.32 bits per heavy atom. The van der Waals surface area contributed by atoms with Gasteiger partial charge in [0.1, 0.15) is 11.9 Å². The summed E-state index contributed by atoms with van der Waals surface area (Å²) >= 11 is 6.19. The van der Waals surface area contributed by atoms with E-state index in [2.05, 4.69) is 19.2 Å². The van der Waals surface area contributed by atoms with Gasteiger partial charge in [-0.2, -0.15) is 0 Å². The predicted octanol–water partition coefficient (Wildman–Crippen LogP) is 3.33. The highest BCUT2D eigenvalue weighted by atomic mass is 35.5. The van der Waals surface area contributed by atoms with E-state index in [1.807, 2.05) is 6.07 Å². The minimum atomic E-state index is 0.196. The van der Waals surface area contributed by atoms with Crippen LogP contribution in [0.25, 0.3) is 0 Å². The molecule has 1 saturated heterocycles. The fourth-order valence-corrected chi connectivity index (χ4v) is 2.87. The Morgan fingerprint density at radius 2 is 2.00 bits per heavy atom. The fraction of sp³-hybridized carbons (Fsp3) is 0.600. The molecule has 0 aromatic heterocycles. The molecule has 1 aromatic carbocycles. The maximum absolute atomic E-state index is 6.19. The van der Waals surface area contributed by atoms with Crippen LogP contribution in [-0.4, -0.2) is 19.2 Å². The maximum Gasteiger partial charge on any atom is 0.140 e. The van der Waals surface area contributed by atoms with Crippen LogP contribution in [0.4, 0.5) is 5.69 Å². The van der Waals surface area contributed by atoms with Crippen molar-refractivity contribution in [3.8, 4) is 5.75 Å². The summed E-state index contributed by atoms with van der Waals surface area (Å²) in [6, 6.07) is 5.41.